The summed E-state index contributed by atoms with van der Waals surface area (Å²) in [5.41, 5.74) is 2.24. The number of hydrogen-bond donors (Lipinski definition) is 1. The monoisotopic (exact) mass is 382 g/mol. The third-order valence-electron chi connectivity index (χ3n) is 4.09. The molecule has 0 unspecified atom stereocenters. The molecule has 0 saturated carbocycles. The quantitative estimate of drug-likeness (QED) is 0.674. The maximum atomic E-state index is 12.5. The summed E-state index contributed by atoms with van der Waals surface area (Å²) >= 11 is 3.59. The summed E-state index contributed by atoms with van der Waals surface area (Å²) in [4.78, 5) is 17.2. The van der Waals surface area contributed by atoms with Crippen molar-refractivity contribution in [3.63, 3.8) is 0 Å². The zero-order chi connectivity index (χ0) is 17.1. The summed E-state index contributed by atoms with van der Waals surface area (Å²) in [6.45, 7) is 4.04. The fourth-order valence-electron chi connectivity index (χ4n) is 2.57. The largest absolute Gasteiger partial charge is 0.348 e. The number of nitrogens with zero attached hydrogens (tertiary/aromatic N) is 1. The topological polar surface area (TPSA) is 42.0 Å². The van der Waals surface area contributed by atoms with E-state index in [2.05, 4.69) is 26.2 Å². The smallest absolute Gasteiger partial charge is 0.270 e. The zero-order valence-electron chi connectivity index (χ0n) is 13.7. The number of hydrogen-bond acceptors (Lipinski definition) is 2. The highest BCUT2D eigenvalue weighted by Gasteiger charge is 2.15. The number of benzene rings is 2. The summed E-state index contributed by atoms with van der Waals surface area (Å²) in [6, 6.07) is 17.9. The van der Waals surface area contributed by atoms with E-state index in [-0.39, 0.29) is 11.9 Å². The number of fused-ring (bicyclic) bond motifs is 1. The van der Waals surface area contributed by atoms with Gasteiger partial charge in [-0.25, -0.2) is 4.98 Å². The molecule has 0 aliphatic carbocycles. The summed E-state index contributed by atoms with van der Waals surface area (Å²) in [6.07, 6.45) is 0.885. The SMILES string of the molecule is CC[C@H](C)NC(=O)c1cc2ccccc2c(-c2ccccc2Br)n1. The van der Waals surface area contributed by atoms with E-state index in [1.165, 1.54) is 0 Å². The maximum absolute atomic E-state index is 12.5. The highest BCUT2D eigenvalue weighted by molar-refractivity contribution is 9.10. The lowest BCUT2D eigenvalue weighted by molar-refractivity contribution is 0.0934. The molecule has 4 heteroatoms. The lowest BCUT2D eigenvalue weighted by Gasteiger charge is -2.14. The molecule has 1 atom stereocenters. The van der Waals surface area contributed by atoms with Gasteiger partial charge in [0.15, 0.2) is 0 Å². The second kappa shape index (κ2) is 7.14. The Hall–Kier alpha value is -2.20. The van der Waals surface area contributed by atoms with Crippen LogP contribution >= 0.6 is 15.9 Å². The predicted octanol–water partition coefficient (Wildman–Crippen LogP) is 5.19. The Morgan fingerprint density at radius 1 is 1.17 bits per heavy atom. The van der Waals surface area contributed by atoms with Crippen LogP contribution in [-0.4, -0.2) is 16.9 Å². The summed E-state index contributed by atoms with van der Waals surface area (Å²) < 4.78 is 0.960. The minimum absolute atomic E-state index is 0.123. The van der Waals surface area contributed by atoms with Crippen molar-refractivity contribution >= 4 is 32.6 Å². The van der Waals surface area contributed by atoms with Crippen LogP contribution < -0.4 is 5.32 Å². The number of nitrogens with one attached hydrogen (secondary N) is 1. The first-order valence-electron chi connectivity index (χ1n) is 8.05. The van der Waals surface area contributed by atoms with Crippen molar-refractivity contribution in [2.24, 2.45) is 0 Å². The van der Waals surface area contributed by atoms with Crippen LogP contribution in [0.4, 0.5) is 0 Å². The van der Waals surface area contributed by atoms with Gasteiger partial charge in [-0.2, -0.15) is 0 Å². The molecule has 1 N–H and O–H groups in total. The van der Waals surface area contributed by atoms with Crippen LogP contribution in [0.1, 0.15) is 30.8 Å². The molecule has 3 aromatic rings. The van der Waals surface area contributed by atoms with Crippen LogP contribution in [0.2, 0.25) is 0 Å². The lowest BCUT2D eigenvalue weighted by atomic mass is 10.0. The first-order chi connectivity index (χ1) is 11.6. The van der Waals surface area contributed by atoms with Crippen LogP contribution in [0.15, 0.2) is 59.1 Å². The van der Waals surface area contributed by atoms with E-state index >= 15 is 0 Å². The van der Waals surface area contributed by atoms with Crippen molar-refractivity contribution < 1.29 is 4.79 Å². The number of rotatable bonds is 4. The van der Waals surface area contributed by atoms with Crippen molar-refractivity contribution in [2.45, 2.75) is 26.3 Å². The van der Waals surface area contributed by atoms with Crippen LogP contribution in [0.3, 0.4) is 0 Å². The minimum atomic E-state index is -0.136. The van der Waals surface area contributed by atoms with E-state index in [1.807, 2.05) is 68.4 Å². The van der Waals surface area contributed by atoms with E-state index in [0.717, 1.165) is 32.9 Å². The van der Waals surface area contributed by atoms with Crippen LogP contribution in [0.25, 0.3) is 22.0 Å². The van der Waals surface area contributed by atoms with Crippen LogP contribution in [-0.2, 0) is 0 Å². The minimum Gasteiger partial charge on any atom is -0.348 e. The van der Waals surface area contributed by atoms with Crippen molar-refractivity contribution in [1.29, 1.82) is 0 Å². The highest BCUT2D eigenvalue weighted by atomic mass is 79.9. The van der Waals surface area contributed by atoms with Gasteiger partial charge < -0.3 is 5.32 Å². The van der Waals surface area contributed by atoms with Gasteiger partial charge in [-0.1, -0.05) is 65.3 Å². The van der Waals surface area contributed by atoms with Gasteiger partial charge in [-0.3, -0.25) is 4.79 Å². The third kappa shape index (κ3) is 3.34. The standard InChI is InChI=1S/C20H19BrN2O/c1-3-13(2)22-20(24)18-12-14-8-4-5-9-15(14)19(23-18)16-10-6-7-11-17(16)21/h4-13H,3H2,1-2H3,(H,22,24)/t13-/m0/s1. The first-order valence-corrected chi connectivity index (χ1v) is 8.85. The van der Waals surface area contributed by atoms with Crippen LogP contribution in [0.5, 0.6) is 0 Å². The molecule has 122 valence electrons. The van der Waals surface area contributed by atoms with E-state index < -0.39 is 0 Å². The van der Waals surface area contributed by atoms with Gasteiger partial charge >= 0.3 is 0 Å². The maximum Gasteiger partial charge on any atom is 0.270 e. The number of halogens is 1. The van der Waals surface area contributed by atoms with Gasteiger partial charge in [0.05, 0.1) is 5.69 Å². The van der Waals surface area contributed by atoms with Crippen molar-refractivity contribution in [3.8, 4) is 11.3 Å². The molecule has 0 radical (unpaired) electrons. The molecule has 1 heterocycles. The Kier molecular flexibility index (Phi) is 4.95. The predicted molar refractivity (Wildman–Crippen MR) is 102 cm³/mol. The van der Waals surface area contributed by atoms with E-state index in [9.17, 15) is 4.79 Å². The normalized spacial score (nSPS) is 12.1. The van der Waals surface area contributed by atoms with Gasteiger partial charge in [0.25, 0.3) is 5.91 Å². The Balaban J connectivity index is 2.17. The van der Waals surface area contributed by atoms with Crippen molar-refractivity contribution in [1.82, 2.24) is 10.3 Å². The molecule has 0 saturated heterocycles. The van der Waals surface area contributed by atoms with Gasteiger partial charge in [0.2, 0.25) is 0 Å². The Labute approximate surface area is 150 Å². The molecule has 0 aliphatic heterocycles. The number of pyridine rings is 1. The van der Waals surface area contributed by atoms with E-state index in [4.69, 9.17) is 0 Å². The first kappa shape index (κ1) is 16.7. The number of carbonyl (C=O) groups excluding carboxylic acids is 1. The van der Waals surface area contributed by atoms with Crippen molar-refractivity contribution in [2.75, 3.05) is 0 Å². The Bertz CT molecular complexity index is 892. The fraction of sp³-hybridized carbons (Fsp3) is 0.200. The number of amides is 1. The highest BCUT2D eigenvalue weighted by Crippen LogP contribution is 2.32. The van der Waals surface area contributed by atoms with Gasteiger partial charge in [-0.05, 0) is 30.9 Å². The van der Waals surface area contributed by atoms with Gasteiger partial charge in [-0.15, -0.1) is 0 Å². The molecular formula is C20H19BrN2O. The summed E-state index contributed by atoms with van der Waals surface area (Å²) in [5.74, 6) is -0.136. The van der Waals surface area contributed by atoms with E-state index in [1.54, 1.807) is 0 Å². The molecule has 2 aromatic carbocycles. The van der Waals surface area contributed by atoms with Gasteiger partial charge in [0, 0.05) is 21.5 Å². The van der Waals surface area contributed by atoms with Crippen LogP contribution in [0, 0.1) is 0 Å². The second-order valence-corrected chi connectivity index (χ2v) is 6.69. The average molecular weight is 383 g/mol. The molecular weight excluding hydrogens is 364 g/mol. The molecule has 0 spiro atoms. The Morgan fingerprint density at radius 2 is 1.88 bits per heavy atom. The molecule has 24 heavy (non-hydrogen) atoms. The molecule has 3 nitrogen and oxygen atoms in total. The molecule has 0 aliphatic rings. The van der Waals surface area contributed by atoms with E-state index in [0.29, 0.717) is 5.69 Å². The van der Waals surface area contributed by atoms with Gasteiger partial charge in [0.1, 0.15) is 5.69 Å². The molecule has 0 fully saturated rings. The number of carbonyl (C=O) groups is 1. The Morgan fingerprint density at radius 3 is 2.62 bits per heavy atom. The third-order valence-corrected chi connectivity index (χ3v) is 4.78. The number of aromatic nitrogens is 1. The fourth-order valence-corrected chi connectivity index (χ4v) is 3.05. The zero-order valence-corrected chi connectivity index (χ0v) is 15.3. The second-order valence-electron chi connectivity index (χ2n) is 5.84. The molecule has 1 aromatic heterocycles. The average Bonchev–Trinajstić information content (AvgIpc) is 2.61. The summed E-state index contributed by atoms with van der Waals surface area (Å²) in [5, 5.41) is 5.03. The summed E-state index contributed by atoms with van der Waals surface area (Å²) in [7, 11) is 0. The lowest BCUT2D eigenvalue weighted by Crippen LogP contribution is -2.32. The molecule has 0 bridgehead atoms. The molecule has 3 rings (SSSR count). The molecule has 1 amide bonds. The van der Waals surface area contributed by atoms with Crippen molar-refractivity contribution in [3.05, 3.63) is 64.8 Å².